The maximum absolute atomic E-state index is 12.3. The predicted octanol–water partition coefficient (Wildman–Crippen LogP) is 4.13. The summed E-state index contributed by atoms with van der Waals surface area (Å²) >= 11 is 0. The minimum Gasteiger partial charge on any atom is -0.381 e. The van der Waals surface area contributed by atoms with Gasteiger partial charge in [0, 0.05) is 7.11 Å². The third-order valence-corrected chi connectivity index (χ3v) is 4.71. The van der Waals surface area contributed by atoms with Crippen LogP contribution in [0.25, 0.3) is 0 Å². The first-order chi connectivity index (χ1) is 10.6. The van der Waals surface area contributed by atoms with E-state index in [0.29, 0.717) is 17.4 Å². The van der Waals surface area contributed by atoms with Gasteiger partial charge in [-0.3, -0.25) is 4.79 Å². The van der Waals surface area contributed by atoms with Crippen LogP contribution >= 0.6 is 0 Å². The molecule has 1 fully saturated rings. The van der Waals surface area contributed by atoms with E-state index in [9.17, 15) is 4.79 Å². The maximum Gasteiger partial charge on any atom is 0.189 e. The van der Waals surface area contributed by atoms with E-state index in [1.165, 1.54) is 0 Å². The first-order valence-corrected chi connectivity index (χ1v) is 8.69. The van der Waals surface area contributed by atoms with Gasteiger partial charge in [-0.2, -0.15) is 0 Å². The quantitative estimate of drug-likeness (QED) is 0.598. The van der Waals surface area contributed by atoms with Crippen LogP contribution in [0.15, 0.2) is 12.2 Å². The first kappa shape index (κ1) is 20.3. The van der Waals surface area contributed by atoms with Gasteiger partial charge in [0.15, 0.2) is 11.6 Å². The number of Topliss-reactive ketones (excluding diaryl/α,β-unsaturated/α-hetero) is 1. The number of ether oxygens (including phenoxy) is 3. The average Bonchev–Trinajstić information content (AvgIpc) is 2.77. The van der Waals surface area contributed by atoms with Gasteiger partial charge >= 0.3 is 0 Å². The third kappa shape index (κ3) is 5.70. The fourth-order valence-electron chi connectivity index (χ4n) is 3.19. The molecule has 0 radical (unpaired) electrons. The number of hydrogen-bond acceptors (Lipinski definition) is 4. The van der Waals surface area contributed by atoms with Gasteiger partial charge in [0.05, 0.1) is 12.2 Å². The molecule has 0 N–H and O–H groups in total. The zero-order valence-corrected chi connectivity index (χ0v) is 15.8. The monoisotopic (exact) mass is 326 g/mol. The van der Waals surface area contributed by atoms with Crippen molar-refractivity contribution in [2.24, 2.45) is 11.8 Å². The van der Waals surface area contributed by atoms with Gasteiger partial charge < -0.3 is 14.2 Å². The van der Waals surface area contributed by atoms with E-state index in [0.717, 1.165) is 19.3 Å². The van der Waals surface area contributed by atoms with Gasteiger partial charge in [0.25, 0.3) is 0 Å². The van der Waals surface area contributed by atoms with Crippen molar-refractivity contribution in [1.82, 2.24) is 0 Å². The lowest BCUT2D eigenvalue weighted by atomic mass is 9.88. The highest BCUT2D eigenvalue weighted by atomic mass is 16.8. The highest BCUT2D eigenvalue weighted by Crippen LogP contribution is 2.34. The zero-order chi connectivity index (χ0) is 17.8. The van der Waals surface area contributed by atoms with Gasteiger partial charge in [-0.25, -0.2) is 0 Å². The Bertz CT molecular complexity index is 416. The van der Waals surface area contributed by atoms with Crippen LogP contribution < -0.4 is 0 Å². The van der Waals surface area contributed by atoms with Crippen molar-refractivity contribution < 1.29 is 19.0 Å². The summed E-state index contributed by atoms with van der Waals surface area (Å²) in [6.07, 6.45) is 2.30. The van der Waals surface area contributed by atoms with E-state index in [4.69, 9.17) is 14.2 Å². The van der Waals surface area contributed by atoms with E-state index in [2.05, 4.69) is 27.4 Å². The first-order valence-electron chi connectivity index (χ1n) is 8.69. The van der Waals surface area contributed by atoms with E-state index >= 15 is 0 Å². The normalized spacial score (nSPS) is 27.4. The molecule has 23 heavy (non-hydrogen) atoms. The fourth-order valence-corrected chi connectivity index (χ4v) is 3.19. The van der Waals surface area contributed by atoms with E-state index in [1.807, 2.05) is 13.8 Å². The van der Waals surface area contributed by atoms with Gasteiger partial charge in [-0.15, -0.1) is 0 Å². The second-order valence-electron chi connectivity index (χ2n) is 7.48. The van der Waals surface area contributed by atoms with Crippen molar-refractivity contribution in [3.8, 4) is 0 Å². The highest BCUT2D eigenvalue weighted by molar-refractivity contribution is 5.98. The SMILES string of the molecule is C=C(C)C(=O)[C@@H]1OC(C)(C)O[C@@H]1C[C@@H](C)C[C@@H](OC)C(C)CC. The Morgan fingerprint density at radius 1 is 1.30 bits per heavy atom. The number of rotatable bonds is 9. The van der Waals surface area contributed by atoms with Crippen LogP contribution in [0.3, 0.4) is 0 Å². The van der Waals surface area contributed by atoms with Crippen molar-refractivity contribution in [1.29, 1.82) is 0 Å². The van der Waals surface area contributed by atoms with Crippen molar-refractivity contribution >= 4 is 5.78 Å². The van der Waals surface area contributed by atoms with Crippen LogP contribution in [-0.4, -0.2) is 37.0 Å². The Balaban J connectivity index is 2.72. The number of carbonyl (C=O) groups is 1. The summed E-state index contributed by atoms with van der Waals surface area (Å²) in [7, 11) is 1.77. The molecule has 0 spiro atoms. The molecule has 0 bridgehead atoms. The van der Waals surface area contributed by atoms with Crippen molar-refractivity contribution in [2.45, 2.75) is 84.9 Å². The third-order valence-electron chi connectivity index (χ3n) is 4.71. The fraction of sp³-hybridized carbons (Fsp3) is 0.842. The number of carbonyl (C=O) groups excluding carboxylic acids is 1. The number of hydrogen-bond donors (Lipinski definition) is 0. The molecule has 5 atom stereocenters. The summed E-state index contributed by atoms with van der Waals surface area (Å²) in [5, 5.41) is 0. The molecule has 1 unspecified atom stereocenters. The topological polar surface area (TPSA) is 44.8 Å². The summed E-state index contributed by atoms with van der Waals surface area (Å²) in [4.78, 5) is 12.3. The summed E-state index contributed by atoms with van der Waals surface area (Å²) < 4.78 is 17.4. The molecule has 0 aromatic heterocycles. The molecular formula is C19H34O4. The number of methoxy groups -OCH3 is 1. The van der Waals surface area contributed by atoms with Gasteiger partial charge in [-0.1, -0.05) is 33.8 Å². The van der Waals surface area contributed by atoms with Crippen LogP contribution in [0.2, 0.25) is 0 Å². The summed E-state index contributed by atoms with van der Waals surface area (Å²) in [5.41, 5.74) is 0.517. The van der Waals surface area contributed by atoms with Crippen LogP contribution in [0.4, 0.5) is 0 Å². The van der Waals surface area contributed by atoms with E-state index in [1.54, 1.807) is 14.0 Å². The molecule has 1 saturated heterocycles. The van der Waals surface area contributed by atoms with Gasteiger partial charge in [-0.05, 0) is 51.0 Å². The largest absolute Gasteiger partial charge is 0.381 e. The minimum absolute atomic E-state index is 0.0574. The van der Waals surface area contributed by atoms with Crippen molar-refractivity contribution in [3.63, 3.8) is 0 Å². The summed E-state index contributed by atoms with van der Waals surface area (Å²) in [6.45, 7) is 15.8. The Morgan fingerprint density at radius 3 is 2.39 bits per heavy atom. The van der Waals surface area contributed by atoms with Gasteiger partial charge in [0.2, 0.25) is 0 Å². The molecule has 1 aliphatic heterocycles. The molecule has 1 aliphatic rings. The molecular weight excluding hydrogens is 292 g/mol. The van der Waals surface area contributed by atoms with Crippen molar-refractivity contribution in [2.75, 3.05) is 7.11 Å². The van der Waals surface area contributed by atoms with Gasteiger partial charge in [0.1, 0.15) is 6.10 Å². The van der Waals surface area contributed by atoms with E-state index < -0.39 is 11.9 Å². The average molecular weight is 326 g/mol. The van der Waals surface area contributed by atoms with Crippen molar-refractivity contribution in [3.05, 3.63) is 12.2 Å². The van der Waals surface area contributed by atoms with Crippen LogP contribution in [-0.2, 0) is 19.0 Å². The Labute approximate surface area is 141 Å². The maximum atomic E-state index is 12.3. The summed E-state index contributed by atoms with van der Waals surface area (Å²) in [6, 6.07) is 0. The zero-order valence-electron chi connectivity index (χ0n) is 15.8. The Morgan fingerprint density at radius 2 is 1.91 bits per heavy atom. The molecule has 0 aromatic rings. The molecule has 0 amide bonds. The van der Waals surface area contributed by atoms with E-state index in [-0.39, 0.29) is 18.0 Å². The lowest BCUT2D eigenvalue weighted by molar-refractivity contribution is -0.154. The minimum atomic E-state index is -0.725. The summed E-state index contributed by atoms with van der Waals surface area (Å²) in [5.74, 6) is 0.125. The molecule has 4 heteroatoms. The molecule has 0 aromatic carbocycles. The molecule has 1 heterocycles. The molecule has 1 rings (SSSR count). The number of ketones is 1. The molecule has 0 saturated carbocycles. The smallest absolute Gasteiger partial charge is 0.189 e. The predicted molar refractivity (Wildman–Crippen MR) is 92.3 cm³/mol. The Hall–Kier alpha value is -0.710. The molecule has 0 aliphatic carbocycles. The standard InChI is InChI=1S/C19H34O4/c1-9-14(5)15(21-8)10-13(4)11-16-18(17(20)12(2)3)23-19(6,7)22-16/h13-16,18H,2,9-11H2,1,3-8H3/t13-,14?,15+,16+,18+/m0/s1. The Kier molecular flexibility index (Phi) is 7.43. The second kappa shape index (κ2) is 8.41. The molecule has 4 nitrogen and oxygen atoms in total. The van der Waals surface area contributed by atoms with Crippen LogP contribution in [0.5, 0.6) is 0 Å². The second-order valence-corrected chi connectivity index (χ2v) is 7.48. The van der Waals surface area contributed by atoms with Crippen LogP contribution in [0, 0.1) is 11.8 Å². The lowest BCUT2D eigenvalue weighted by Crippen LogP contribution is -2.34. The van der Waals surface area contributed by atoms with Crippen LogP contribution in [0.1, 0.15) is 60.8 Å². The highest BCUT2D eigenvalue weighted by Gasteiger charge is 2.45. The molecule has 134 valence electrons. The lowest BCUT2D eigenvalue weighted by Gasteiger charge is -2.27.